The van der Waals surface area contributed by atoms with Gasteiger partial charge in [0.05, 0.1) is 11.6 Å². The van der Waals surface area contributed by atoms with Crippen LogP contribution in [0, 0.1) is 6.92 Å². The van der Waals surface area contributed by atoms with Gasteiger partial charge in [0.1, 0.15) is 49.2 Å². The van der Waals surface area contributed by atoms with E-state index in [1.165, 1.54) is 13.8 Å². The zero-order valence-electron chi connectivity index (χ0n) is 26.5. The Morgan fingerprint density at radius 3 is 2.49 bits per heavy atom. The van der Waals surface area contributed by atoms with Gasteiger partial charge in [0.15, 0.2) is 11.5 Å². The third kappa shape index (κ3) is 8.21. The average molecular weight is 661 g/mol. The third-order valence-electron chi connectivity index (χ3n) is 7.96. The van der Waals surface area contributed by atoms with Crippen molar-refractivity contribution in [2.45, 2.75) is 52.5 Å². The van der Waals surface area contributed by atoms with E-state index < -0.39 is 18.1 Å². The number of aromatic nitrogens is 1. The number of carboxylic acids is 1. The van der Waals surface area contributed by atoms with Crippen LogP contribution in [0.25, 0.3) is 11.1 Å². The molecule has 4 aromatic rings. The van der Waals surface area contributed by atoms with E-state index in [9.17, 15) is 19.8 Å². The molecule has 0 saturated carbocycles. The van der Waals surface area contributed by atoms with Gasteiger partial charge in [-0.2, -0.15) is 0 Å². The minimum absolute atomic E-state index is 0.000794. The quantitative estimate of drug-likeness (QED) is 0.155. The molecule has 2 heterocycles. The molecule has 0 amide bonds. The number of fused-ring (bicyclic) bond motifs is 1. The van der Waals surface area contributed by atoms with Crippen molar-refractivity contribution in [3.05, 3.63) is 99.8 Å². The number of aliphatic carboxylic acids is 1. The number of carbonyl (C=O) groups is 2. The van der Waals surface area contributed by atoms with Crippen molar-refractivity contribution >= 4 is 23.4 Å². The molecule has 0 saturated heterocycles. The Morgan fingerprint density at radius 2 is 1.74 bits per heavy atom. The summed E-state index contributed by atoms with van der Waals surface area (Å²) in [7, 11) is 0. The number of nitrogens with zero attached hydrogens (tertiary/aromatic N) is 1. The summed E-state index contributed by atoms with van der Waals surface area (Å²) in [6.45, 7) is 5.77. The van der Waals surface area contributed by atoms with Gasteiger partial charge in [-0.3, -0.25) is 19.9 Å². The third-order valence-corrected chi connectivity index (χ3v) is 8.26. The number of pyridine rings is 1. The Labute approximate surface area is 278 Å². The number of ketones is 1. The summed E-state index contributed by atoms with van der Waals surface area (Å²) in [6, 6.07) is 18.8. The summed E-state index contributed by atoms with van der Waals surface area (Å²) >= 11 is 6.69. The molecule has 1 aromatic heterocycles. The fourth-order valence-corrected chi connectivity index (χ4v) is 5.34. The van der Waals surface area contributed by atoms with Crippen LogP contribution in [-0.2, 0) is 35.8 Å². The minimum atomic E-state index is -1.58. The van der Waals surface area contributed by atoms with Crippen LogP contribution in [0.1, 0.15) is 41.8 Å². The molecular formula is C36H37ClN2O8. The topological polar surface area (TPSA) is 136 Å². The molecule has 246 valence electrons. The number of Topliss-reactive ketones (excluding diaryl/α,β-unsaturated/α-hetero) is 1. The minimum Gasteiger partial charge on any atom is -0.488 e. The molecule has 47 heavy (non-hydrogen) atoms. The number of aliphatic hydroxyl groups excluding tert-OH is 1. The summed E-state index contributed by atoms with van der Waals surface area (Å²) in [5, 5.41) is 22.5. The van der Waals surface area contributed by atoms with E-state index in [-0.39, 0.29) is 32.0 Å². The molecule has 11 heteroatoms. The van der Waals surface area contributed by atoms with Gasteiger partial charge in [-0.15, -0.1) is 0 Å². The highest BCUT2D eigenvalue weighted by atomic mass is 35.5. The number of hydrogen-bond acceptors (Lipinski definition) is 9. The highest BCUT2D eigenvalue weighted by Crippen LogP contribution is 2.37. The first kappa shape index (κ1) is 33.7. The molecule has 0 unspecified atom stereocenters. The molecule has 0 spiro atoms. The number of carbonyl (C=O) groups excluding carboxylic acids is 1. The lowest BCUT2D eigenvalue weighted by Gasteiger charge is -2.25. The maximum Gasteiger partial charge on any atom is 0.326 e. The summed E-state index contributed by atoms with van der Waals surface area (Å²) in [5.41, 5.74) is 4.44. The Hall–Kier alpha value is -4.64. The largest absolute Gasteiger partial charge is 0.488 e. The summed E-state index contributed by atoms with van der Waals surface area (Å²) < 4.78 is 23.9. The Balaban J connectivity index is 1.38. The maximum absolute atomic E-state index is 11.8. The first-order valence-electron chi connectivity index (χ1n) is 15.2. The average Bonchev–Trinajstić information content (AvgIpc) is 3.06. The molecule has 0 radical (unpaired) electrons. The number of rotatable bonds is 14. The van der Waals surface area contributed by atoms with Crippen LogP contribution in [0.15, 0.2) is 66.9 Å². The number of aliphatic hydroxyl groups is 1. The highest BCUT2D eigenvalue weighted by molar-refractivity contribution is 6.32. The molecule has 3 aromatic carbocycles. The summed E-state index contributed by atoms with van der Waals surface area (Å²) in [6.07, 6.45) is 1.84. The number of nitrogens with one attached hydrogen (secondary N) is 1. The molecule has 5 rings (SSSR count). The van der Waals surface area contributed by atoms with E-state index in [2.05, 4.69) is 10.3 Å². The van der Waals surface area contributed by atoms with Crippen LogP contribution in [-0.4, -0.2) is 52.3 Å². The lowest BCUT2D eigenvalue weighted by atomic mass is 9.96. The van der Waals surface area contributed by atoms with E-state index in [1.807, 2.05) is 43.3 Å². The molecule has 1 atom stereocenters. The zero-order chi connectivity index (χ0) is 33.6. The molecule has 1 aliphatic rings. The lowest BCUT2D eigenvalue weighted by Crippen LogP contribution is -2.52. The van der Waals surface area contributed by atoms with Crippen LogP contribution in [0.4, 0.5) is 0 Å². The van der Waals surface area contributed by atoms with Crippen molar-refractivity contribution in [3.63, 3.8) is 0 Å². The van der Waals surface area contributed by atoms with Crippen LogP contribution >= 0.6 is 11.6 Å². The smallest absolute Gasteiger partial charge is 0.326 e. The van der Waals surface area contributed by atoms with Gasteiger partial charge >= 0.3 is 5.97 Å². The molecule has 1 aliphatic heterocycles. The van der Waals surface area contributed by atoms with Crippen LogP contribution in [0.2, 0.25) is 5.02 Å². The van der Waals surface area contributed by atoms with Gasteiger partial charge in [-0.1, -0.05) is 35.9 Å². The van der Waals surface area contributed by atoms with Crippen molar-refractivity contribution in [2.24, 2.45) is 0 Å². The maximum atomic E-state index is 11.8. The second kappa shape index (κ2) is 14.8. The van der Waals surface area contributed by atoms with Crippen LogP contribution < -0.4 is 24.3 Å². The van der Waals surface area contributed by atoms with E-state index in [0.29, 0.717) is 46.7 Å². The second-order valence-electron chi connectivity index (χ2n) is 11.6. The molecule has 3 N–H and O–H groups in total. The van der Waals surface area contributed by atoms with E-state index in [1.54, 1.807) is 30.5 Å². The van der Waals surface area contributed by atoms with Crippen molar-refractivity contribution in [1.29, 1.82) is 0 Å². The fraction of sp³-hybridized carbons (Fsp3) is 0.306. The van der Waals surface area contributed by atoms with E-state index >= 15 is 0 Å². The second-order valence-corrected chi connectivity index (χ2v) is 12.0. The van der Waals surface area contributed by atoms with Crippen LogP contribution in [0.5, 0.6) is 23.0 Å². The molecule has 0 fully saturated rings. The van der Waals surface area contributed by atoms with E-state index in [4.69, 9.17) is 30.5 Å². The van der Waals surface area contributed by atoms with Crippen molar-refractivity contribution < 1.29 is 38.7 Å². The Kier molecular flexibility index (Phi) is 10.7. The highest BCUT2D eigenvalue weighted by Gasteiger charge is 2.32. The summed E-state index contributed by atoms with van der Waals surface area (Å²) in [5.74, 6) is 1.04. The first-order valence-corrected chi connectivity index (χ1v) is 15.5. The standard InChI is InChI=1S/C36H37ClN2O8/c1-22(41)13-28-14-24(9-10-38-28)19-46-32-17-33(30(37)15-27(32)18-39-36(3,21-40)35(42)43)47-20-26-5-4-6-29(23(26)2)25-7-8-31-34(16-25)45-12-11-44-31/h4-10,14-17,39-40H,11-13,18-21H2,1-3H3,(H,42,43)/t36-/m0/s1. The predicted octanol–water partition coefficient (Wildman–Crippen LogP) is 5.70. The van der Waals surface area contributed by atoms with Gasteiger partial charge < -0.3 is 29.2 Å². The first-order chi connectivity index (χ1) is 22.6. The van der Waals surface area contributed by atoms with E-state index in [0.717, 1.165) is 33.6 Å². The van der Waals surface area contributed by atoms with Crippen molar-refractivity contribution in [3.8, 4) is 34.1 Å². The fourth-order valence-electron chi connectivity index (χ4n) is 5.10. The normalized spacial score (nSPS) is 13.5. The predicted molar refractivity (Wildman–Crippen MR) is 176 cm³/mol. The molecule has 10 nitrogen and oxygen atoms in total. The van der Waals surface area contributed by atoms with Gasteiger partial charge in [-0.05, 0) is 78.9 Å². The number of benzene rings is 3. The molecule has 0 aliphatic carbocycles. The molecular weight excluding hydrogens is 624 g/mol. The van der Waals surface area contributed by atoms with Gasteiger partial charge in [0.2, 0.25) is 0 Å². The van der Waals surface area contributed by atoms with Crippen LogP contribution in [0.3, 0.4) is 0 Å². The van der Waals surface area contributed by atoms with Crippen molar-refractivity contribution in [1.82, 2.24) is 10.3 Å². The lowest BCUT2D eigenvalue weighted by molar-refractivity contribution is -0.146. The monoisotopic (exact) mass is 660 g/mol. The Morgan fingerprint density at radius 1 is 0.979 bits per heavy atom. The number of carboxylic acid groups (broad SMARTS) is 1. The number of ether oxygens (including phenoxy) is 4. The SMILES string of the molecule is CC(=O)Cc1cc(COc2cc(OCc3cccc(-c4ccc5c(c4)OCCO5)c3C)c(Cl)cc2CN[C@@](C)(CO)C(=O)O)ccn1. The number of halogens is 1. The summed E-state index contributed by atoms with van der Waals surface area (Å²) in [4.78, 5) is 27.6. The Bertz CT molecular complexity index is 1780. The van der Waals surface area contributed by atoms with Gasteiger partial charge in [0, 0.05) is 36.5 Å². The number of hydrogen-bond donors (Lipinski definition) is 3. The van der Waals surface area contributed by atoms with Gasteiger partial charge in [-0.25, -0.2) is 0 Å². The zero-order valence-corrected chi connectivity index (χ0v) is 27.2. The van der Waals surface area contributed by atoms with Gasteiger partial charge in [0.25, 0.3) is 0 Å². The molecule has 0 bridgehead atoms. The van der Waals surface area contributed by atoms with Crippen molar-refractivity contribution in [2.75, 3.05) is 19.8 Å².